The minimum absolute atomic E-state index is 0.0340. The van der Waals surface area contributed by atoms with E-state index >= 15 is 0 Å². The van der Waals surface area contributed by atoms with Crippen LogP contribution in [-0.2, 0) is 0 Å². The maximum atomic E-state index is 13.6. The van der Waals surface area contributed by atoms with Gasteiger partial charge in [-0.2, -0.15) is 0 Å². The number of hydrogen-bond donors (Lipinski definition) is 1. The van der Waals surface area contributed by atoms with Crippen molar-refractivity contribution in [2.24, 2.45) is 5.92 Å². The van der Waals surface area contributed by atoms with Crippen LogP contribution in [-0.4, -0.2) is 23.4 Å². The summed E-state index contributed by atoms with van der Waals surface area (Å²) in [7, 11) is 0. The molecule has 0 atom stereocenters. The normalized spacial score (nSPS) is 15.7. The van der Waals surface area contributed by atoms with Crippen molar-refractivity contribution >= 4 is 11.6 Å². The number of rotatable bonds is 4. The molecule has 1 amide bonds. The molecule has 1 aromatic rings. The van der Waals surface area contributed by atoms with Crippen LogP contribution in [0, 0.1) is 17.6 Å². The van der Waals surface area contributed by atoms with Gasteiger partial charge in [0, 0.05) is 18.2 Å². The minimum Gasteiger partial charge on any atom is -0.394 e. The first-order valence-corrected chi connectivity index (χ1v) is 7.45. The molecule has 2 N–H and O–H groups in total. The number of carbonyl (C=O) groups is 1. The molecule has 0 unspecified atom stereocenters. The predicted octanol–water partition coefficient (Wildman–Crippen LogP) is 3.59. The molecule has 1 aromatic carbocycles. The summed E-state index contributed by atoms with van der Waals surface area (Å²) in [6.07, 6.45) is 4.10. The van der Waals surface area contributed by atoms with Crippen molar-refractivity contribution in [3.8, 4) is 0 Å². The molecule has 0 heterocycles. The van der Waals surface area contributed by atoms with Crippen LogP contribution in [0.5, 0.6) is 0 Å². The summed E-state index contributed by atoms with van der Waals surface area (Å²) in [5, 5.41) is 0. The second kappa shape index (κ2) is 6.41. The number of nitrogens with zero attached hydrogens (tertiary/aromatic N) is 1. The fourth-order valence-corrected chi connectivity index (χ4v) is 2.88. The molecule has 1 aliphatic carbocycles. The molecule has 0 bridgehead atoms. The van der Waals surface area contributed by atoms with Gasteiger partial charge in [-0.05, 0) is 30.9 Å². The number of carbonyl (C=O) groups excluding carboxylic acids is 1. The first kappa shape index (κ1) is 15.7. The van der Waals surface area contributed by atoms with Crippen LogP contribution in [0.4, 0.5) is 14.5 Å². The summed E-state index contributed by atoms with van der Waals surface area (Å²) < 4.78 is 27.1. The van der Waals surface area contributed by atoms with Crippen LogP contribution in [0.25, 0.3) is 0 Å². The third-order valence-corrected chi connectivity index (χ3v) is 3.91. The van der Waals surface area contributed by atoms with Crippen LogP contribution in [0.3, 0.4) is 0 Å². The molecule has 1 saturated carbocycles. The molecule has 0 aromatic heterocycles. The third-order valence-electron chi connectivity index (χ3n) is 3.91. The van der Waals surface area contributed by atoms with Gasteiger partial charge in [-0.3, -0.25) is 4.79 Å². The zero-order valence-electron chi connectivity index (χ0n) is 12.5. The van der Waals surface area contributed by atoms with E-state index in [0.29, 0.717) is 12.5 Å². The van der Waals surface area contributed by atoms with Crippen LogP contribution >= 0.6 is 0 Å². The quantitative estimate of drug-likeness (QED) is 0.863. The number of benzene rings is 1. The molecule has 0 aliphatic heterocycles. The lowest BCUT2D eigenvalue weighted by Crippen LogP contribution is -2.41. The van der Waals surface area contributed by atoms with Gasteiger partial charge in [-0.15, -0.1) is 0 Å². The average molecular weight is 296 g/mol. The minimum atomic E-state index is -0.880. The van der Waals surface area contributed by atoms with Crippen molar-refractivity contribution < 1.29 is 13.6 Å². The van der Waals surface area contributed by atoms with Crippen molar-refractivity contribution in [2.75, 3.05) is 12.3 Å². The number of anilines is 1. The van der Waals surface area contributed by atoms with Gasteiger partial charge in [0.25, 0.3) is 5.91 Å². The zero-order chi connectivity index (χ0) is 15.6. The van der Waals surface area contributed by atoms with Crippen LogP contribution < -0.4 is 5.73 Å². The van der Waals surface area contributed by atoms with Crippen LogP contribution in [0.2, 0.25) is 0 Å². The SMILES string of the molecule is CC(C)CN(C(=O)c1cc(F)c(N)c(F)c1)C1CCCC1. The molecular formula is C16H22F2N2O. The first-order valence-electron chi connectivity index (χ1n) is 7.45. The van der Waals surface area contributed by atoms with E-state index in [9.17, 15) is 13.6 Å². The van der Waals surface area contributed by atoms with Crippen molar-refractivity contribution in [1.82, 2.24) is 4.90 Å². The van der Waals surface area contributed by atoms with E-state index in [2.05, 4.69) is 0 Å². The van der Waals surface area contributed by atoms with Gasteiger partial charge in [-0.25, -0.2) is 8.78 Å². The monoisotopic (exact) mass is 296 g/mol. The summed E-state index contributed by atoms with van der Waals surface area (Å²) in [6.45, 7) is 4.65. The Bertz CT molecular complexity index is 502. The molecule has 116 valence electrons. The van der Waals surface area contributed by atoms with Gasteiger partial charge in [-0.1, -0.05) is 26.7 Å². The number of nitrogen functional groups attached to an aromatic ring is 1. The van der Waals surface area contributed by atoms with Crippen molar-refractivity contribution in [3.63, 3.8) is 0 Å². The lowest BCUT2D eigenvalue weighted by Gasteiger charge is -2.30. The molecule has 5 heteroatoms. The average Bonchev–Trinajstić information content (AvgIpc) is 2.94. The summed E-state index contributed by atoms with van der Waals surface area (Å²) in [6, 6.07) is 2.23. The molecule has 1 aliphatic rings. The summed E-state index contributed by atoms with van der Waals surface area (Å²) >= 11 is 0. The molecule has 0 radical (unpaired) electrons. The Morgan fingerprint density at radius 1 is 1.29 bits per heavy atom. The number of hydrogen-bond acceptors (Lipinski definition) is 2. The van der Waals surface area contributed by atoms with Gasteiger partial charge < -0.3 is 10.6 Å². The largest absolute Gasteiger partial charge is 0.394 e. The molecule has 21 heavy (non-hydrogen) atoms. The Hall–Kier alpha value is -1.65. The highest BCUT2D eigenvalue weighted by Crippen LogP contribution is 2.27. The second-order valence-corrected chi connectivity index (χ2v) is 6.14. The van der Waals surface area contributed by atoms with Crippen LogP contribution in [0.15, 0.2) is 12.1 Å². The highest BCUT2D eigenvalue weighted by Gasteiger charge is 2.28. The summed E-state index contributed by atoms with van der Waals surface area (Å²) in [5.74, 6) is -1.77. The number of nitrogens with two attached hydrogens (primary N) is 1. The Kier molecular flexibility index (Phi) is 4.80. The maximum absolute atomic E-state index is 13.6. The fourth-order valence-electron chi connectivity index (χ4n) is 2.88. The van der Waals surface area contributed by atoms with E-state index < -0.39 is 17.3 Å². The molecule has 2 rings (SSSR count). The summed E-state index contributed by atoms with van der Waals surface area (Å²) in [5.41, 5.74) is 4.75. The van der Waals surface area contributed by atoms with Gasteiger partial charge in [0.1, 0.15) is 17.3 Å². The third kappa shape index (κ3) is 3.52. The van der Waals surface area contributed by atoms with E-state index in [1.54, 1.807) is 4.90 Å². The van der Waals surface area contributed by atoms with Crippen LogP contribution in [0.1, 0.15) is 49.9 Å². The van der Waals surface area contributed by atoms with E-state index in [4.69, 9.17) is 5.73 Å². The molecule has 1 fully saturated rings. The number of halogens is 2. The van der Waals surface area contributed by atoms with Crippen molar-refractivity contribution in [1.29, 1.82) is 0 Å². The molecular weight excluding hydrogens is 274 g/mol. The fraction of sp³-hybridized carbons (Fsp3) is 0.562. The lowest BCUT2D eigenvalue weighted by molar-refractivity contribution is 0.0654. The first-order chi connectivity index (χ1) is 9.90. The van der Waals surface area contributed by atoms with Gasteiger partial charge >= 0.3 is 0 Å². The zero-order valence-corrected chi connectivity index (χ0v) is 12.5. The summed E-state index contributed by atoms with van der Waals surface area (Å²) in [4.78, 5) is 14.4. The van der Waals surface area contributed by atoms with Gasteiger partial charge in [0.15, 0.2) is 0 Å². The Balaban J connectivity index is 2.28. The number of amides is 1. The lowest BCUT2D eigenvalue weighted by atomic mass is 10.1. The maximum Gasteiger partial charge on any atom is 0.254 e. The van der Waals surface area contributed by atoms with Gasteiger partial charge in [0.2, 0.25) is 0 Å². The Morgan fingerprint density at radius 3 is 2.29 bits per heavy atom. The highest BCUT2D eigenvalue weighted by atomic mass is 19.1. The second-order valence-electron chi connectivity index (χ2n) is 6.14. The standard InChI is InChI=1S/C16H22F2N2O/c1-10(2)9-20(12-5-3-4-6-12)16(21)11-7-13(17)15(19)14(18)8-11/h7-8,10,12H,3-6,9,19H2,1-2H3. The van der Waals surface area contributed by atoms with Crippen molar-refractivity contribution in [2.45, 2.75) is 45.6 Å². The van der Waals surface area contributed by atoms with E-state index in [1.165, 1.54) is 0 Å². The smallest absolute Gasteiger partial charge is 0.254 e. The van der Waals surface area contributed by atoms with E-state index in [1.807, 2.05) is 13.8 Å². The Labute approximate surface area is 124 Å². The van der Waals surface area contributed by atoms with E-state index in [0.717, 1.165) is 37.8 Å². The predicted molar refractivity (Wildman–Crippen MR) is 78.9 cm³/mol. The molecule has 3 nitrogen and oxygen atoms in total. The Morgan fingerprint density at radius 2 is 1.81 bits per heavy atom. The topological polar surface area (TPSA) is 46.3 Å². The highest BCUT2D eigenvalue weighted by molar-refractivity contribution is 5.95. The van der Waals surface area contributed by atoms with Crippen molar-refractivity contribution in [3.05, 3.63) is 29.3 Å². The molecule has 0 saturated heterocycles. The van der Waals surface area contributed by atoms with E-state index in [-0.39, 0.29) is 17.5 Å². The van der Waals surface area contributed by atoms with Gasteiger partial charge in [0.05, 0.1) is 0 Å². The molecule has 0 spiro atoms.